The predicted molar refractivity (Wildman–Crippen MR) is 94.6 cm³/mol. The highest BCUT2D eigenvalue weighted by Gasteiger charge is 2.22. The number of nitrogens with one attached hydrogen (secondary N) is 1. The van der Waals surface area contributed by atoms with E-state index in [1.54, 1.807) is 0 Å². The topological polar surface area (TPSA) is 12.0 Å². The fourth-order valence-electron chi connectivity index (χ4n) is 3.75. The molecule has 21 heavy (non-hydrogen) atoms. The number of fused-ring (bicyclic) bond motifs is 1. The third-order valence-electron chi connectivity index (χ3n) is 4.87. The molecule has 0 radical (unpaired) electrons. The van der Waals surface area contributed by atoms with E-state index in [1.807, 2.05) is 0 Å². The summed E-state index contributed by atoms with van der Waals surface area (Å²) in [5.74, 6) is 0.783. The quantitative estimate of drug-likeness (QED) is 0.689. The molecule has 0 spiro atoms. The number of hydrogen-bond donors (Lipinski definition) is 1. The van der Waals surface area contributed by atoms with E-state index < -0.39 is 0 Å². The van der Waals surface area contributed by atoms with Crippen molar-refractivity contribution in [3.63, 3.8) is 0 Å². The Kier molecular flexibility index (Phi) is 4.97. The number of hydrogen-bond acceptors (Lipinski definition) is 1. The van der Waals surface area contributed by atoms with Gasteiger partial charge in [-0.2, -0.15) is 0 Å². The number of rotatable bonds is 3. The molecular formula is C19H24BrN. The first-order valence-electron chi connectivity index (χ1n) is 8.14. The fourth-order valence-corrected chi connectivity index (χ4v) is 4.13. The van der Waals surface area contributed by atoms with Gasteiger partial charge in [0.1, 0.15) is 0 Å². The summed E-state index contributed by atoms with van der Waals surface area (Å²) < 4.78 is 1.15. The summed E-state index contributed by atoms with van der Waals surface area (Å²) in [5, 5.41) is 6.23. The van der Waals surface area contributed by atoms with Gasteiger partial charge in [-0.15, -0.1) is 0 Å². The minimum absolute atomic E-state index is 0.496. The van der Waals surface area contributed by atoms with Crippen molar-refractivity contribution < 1.29 is 0 Å². The first-order valence-corrected chi connectivity index (χ1v) is 8.94. The maximum atomic E-state index is 3.58. The summed E-state index contributed by atoms with van der Waals surface area (Å²) in [6.07, 6.45) is 8.35. The average molecular weight is 346 g/mol. The standard InChI is InChI=1S/C19H24BrN/c1-21-19(14-6-4-2-3-5-7-14)17-9-8-16-13-18(20)11-10-15(16)12-17/h8-14,19,21H,2-7H2,1H3. The Bertz CT molecular complexity index is 600. The van der Waals surface area contributed by atoms with Crippen LogP contribution < -0.4 is 5.32 Å². The molecule has 1 N–H and O–H groups in total. The van der Waals surface area contributed by atoms with Crippen molar-refractivity contribution in [1.82, 2.24) is 5.32 Å². The maximum Gasteiger partial charge on any atom is 0.0346 e. The van der Waals surface area contributed by atoms with E-state index in [2.05, 4.69) is 64.7 Å². The summed E-state index contributed by atoms with van der Waals surface area (Å²) in [4.78, 5) is 0. The predicted octanol–water partition coefficient (Wildman–Crippen LogP) is 5.83. The van der Waals surface area contributed by atoms with Crippen LogP contribution in [0.2, 0.25) is 0 Å². The summed E-state index contributed by atoms with van der Waals surface area (Å²) in [5.41, 5.74) is 1.44. The lowest BCUT2D eigenvalue weighted by atomic mass is 9.86. The molecule has 3 rings (SSSR count). The van der Waals surface area contributed by atoms with Crippen molar-refractivity contribution in [2.45, 2.75) is 44.6 Å². The second-order valence-electron chi connectivity index (χ2n) is 6.27. The van der Waals surface area contributed by atoms with Crippen molar-refractivity contribution in [1.29, 1.82) is 0 Å². The molecule has 0 saturated heterocycles. The highest BCUT2D eigenvalue weighted by molar-refractivity contribution is 9.10. The van der Waals surface area contributed by atoms with Gasteiger partial charge in [0.25, 0.3) is 0 Å². The van der Waals surface area contributed by atoms with Crippen molar-refractivity contribution >= 4 is 26.7 Å². The summed E-state index contributed by atoms with van der Waals surface area (Å²) >= 11 is 3.55. The SMILES string of the molecule is CNC(c1ccc2cc(Br)ccc2c1)C1CCCCCC1. The Hall–Kier alpha value is -0.860. The normalized spacial score (nSPS) is 18.6. The Morgan fingerprint density at radius 1 is 0.952 bits per heavy atom. The largest absolute Gasteiger partial charge is 0.313 e. The Balaban J connectivity index is 1.90. The monoisotopic (exact) mass is 345 g/mol. The van der Waals surface area contributed by atoms with Gasteiger partial charge in [-0.25, -0.2) is 0 Å². The average Bonchev–Trinajstić information content (AvgIpc) is 2.77. The van der Waals surface area contributed by atoms with Crippen LogP contribution in [-0.4, -0.2) is 7.05 Å². The van der Waals surface area contributed by atoms with Crippen molar-refractivity contribution in [2.75, 3.05) is 7.05 Å². The van der Waals surface area contributed by atoms with Gasteiger partial charge >= 0.3 is 0 Å². The molecule has 112 valence electrons. The Labute approximate surface area is 136 Å². The van der Waals surface area contributed by atoms with Crippen LogP contribution in [0.15, 0.2) is 40.9 Å². The van der Waals surface area contributed by atoms with Crippen molar-refractivity contribution in [3.05, 3.63) is 46.4 Å². The van der Waals surface area contributed by atoms with Gasteiger partial charge < -0.3 is 5.32 Å². The summed E-state index contributed by atoms with van der Waals surface area (Å²) in [6, 6.07) is 14.0. The Morgan fingerprint density at radius 3 is 2.33 bits per heavy atom. The number of benzene rings is 2. The highest BCUT2D eigenvalue weighted by Crippen LogP contribution is 2.34. The van der Waals surface area contributed by atoms with Gasteiger partial charge in [-0.05, 0) is 60.3 Å². The maximum absolute atomic E-state index is 3.58. The molecule has 1 nitrogen and oxygen atoms in total. The molecule has 1 fully saturated rings. The minimum atomic E-state index is 0.496. The Morgan fingerprint density at radius 2 is 1.62 bits per heavy atom. The first-order chi connectivity index (χ1) is 10.3. The van der Waals surface area contributed by atoms with Gasteiger partial charge in [-0.1, -0.05) is 59.8 Å². The van der Waals surface area contributed by atoms with E-state index in [0.717, 1.165) is 10.4 Å². The van der Waals surface area contributed by atoms with Crippen LogP contribution in [0, 0.1) is 5.92 Å². The van der Waals surface area contributed by atoms with Crippen LogP contribution in [0.3, 0.4) is 0 Å². The molecule has 2 heteroatoms. The van der Waals surface area contributed by atoms with Crippen LogP contribution >= 0.6 is 15.9 Å². The molecule has 0 bridgehead atoms. The van der Waals surface area contributed by atoms with Gasteiger partial charge in [0.15, 0.2) is 0 Å². The molecule has 2 aromatic carbocycles. The zero-order chi connectivity index (χ0) is 14.7. The van der Waals surface area contributed by atoms with Crippen molar-refractivity contribution in [3.8, 4) is 0 Å². The second-order valence-corrected chi connectivity index (χ2v) is 7.18. The summed E-state index contributed by atoms with van der Waals surface area (Å²) in [6.45, 7) is 0. The fraction of sp³-hybridized carbons (Fsp3) is 0.474. The van der Waals surface area contributed by atoms with E-state index in [4.69, 9.17) is 0 Å². The van der Waals surface area contributed by atoms with Crippen LogP contribution in [-0.2, 0) is 0 Å². The van der Waals surface area contributed by atoms with Crippen LogP contribution in [0.1, 0.15) is 50.1 Å². The van der Waals surface area contributed by atoms with E-state index >= 15 is 0 Å². The lowest BCUT2D eigenvalue weighted by Crippen LogP contribution is -2.25. The molecule has 1 aliphatic rings. The molecule has 1 saturated carbocycles. The van der Waals surface area contributed by atoms with Gasteiger partial charge in [0, 0.05) is 10.5 Å². The molecule has 0 aliphatic heterocycles. The van der Waals surface area contributed by atoms with Gasteiger partial charge in [-0.3, -0.25) is 0 Å². The smallest absolute Gasteiger partial charge is 0.0346 e. The van der Waals surface area contributed by atoms with E-state index in [-0.39, 0.29) is 0 Å². The van der Waals surface area contributed by atoms with Crippen molar-refractivity contribution in [2.24, 2.45) is 5.92 Å². The third-order valence-corrected chi connectivity index (χ3v) is 5.36. The molecule has 1 unspecified atom stereocenters. The molecular weight excluding hydrogens is 322 g/mol. The minimum Gasteiger partial charge on any atom is -0.313 e. The molecule has 1 aliphatic carbocycles. The zero-order valence-electron chi connectivity index (χ0n) is 12.7. The molecule has 0 aromatic heterocycles. The third kappa shape index (κ3) is 3.49. The molecule has 2 aromatic rings. The molecule has 0 amide bonds. The van der Waals surface area contributed by atoms with Gasteiger partial charge in [0.2, 0.25) is 0 Å². The lowest BCUT2D eigenvalue weighted by Gasteiger charge is -2.26. The number of halogens is 1. The first kappa shape index (κ1) is 15.1. The second kappa shape index (κ2) is 6.93. The molecule has 0 heterocycles. The van der Waals surface area contributed by atoms with Crippen LogP contribution in [0.4, 0.5) is 0 Å². The lowest BCUT2D eigenvalue weighted by molar-refractivity contribution is 0.342. The molecule has 1 atom stereocenters. The highest BCUT2D eigenvalue weighted by atomic mass is 79.9. The van der Waals surface area contributed by atoms with E-state index in [1.165, 1.54) is 54.9 Å². The zero-order valence-corrected chi connectivity index (χ0v) is 14.3. The summed E-state index contributed by atoms with van der Waals surface area (Å²) in [7, 11) is 2.11. The van der Waals surface area contributed by atoms with E-state index in [0.29, 0.717) is 6.04 Å². The van der Waals surface area contributed by atoms with Crippen LogP contribution in [0.25, 0.3) is 10.8 Å². The van der Waals surface area contributed by atoms with E-state index in [9.17, 15) is 0 Å². The van der Waals surface area contributed by atoms with Gasteiger partial charge in [0.05, 0.1) is 0 Å². The van der Waals surface area contributed by atoms with Crippen LogP contribution in [0.5, 0.6) is 0 Å².